The Kier molecular flexibility index (Phi) is 2.56. The summed E-state index contributed by atoms with van der Waals surface area (Å²) in [5.41, 5.74) is -0.505. The van der Waals surface area contributed by atoms with Crippen LogP contribution in [0.2, 0.25) is 0 Å². The maximum Gasteiger partial charge on any atom is 0.182 e. The lowest BCUT2D eigenvalue weighted by Gasteiger charge is -2.33. The van der Waals surface area contributed by atoms with Crippen molar-refractivity contribution in [1.82, 2.24) is 0 Å². The van der Waals surface area contributed by atoms with Crippen molar-refractivity contribution in [3.63, 3.8) is 0 Å². The summed E-state index contributed by atoms with van der Waals surface area (Å²) in [6, 6.07) is 0.960. The molecule has 92 valence electrons. The Morgan fingerprint density at radius 3 is 2.65 bits per heavy atom. The summed E-state index contributed by atoms with van der Waals surface area (Å²) >= 11 is 0. The van der Waals surface area contributed by atoms with Crippen molar-refractivity contribution < 1.29 is 18.3 Å². The van der Waals surface area contributed by atoms with Gasteiger partial charge in [0.1, 0.15) is 5.75 Å². The zero-order valence-electron chi connectivity index (χ0n) is 9.86. The van der Waals surface area contributed by atoms with Crippen LogP contribution < -0.4 is 10.1 Å². The number of ether oxygens (including phenoxy) is 1. The van der Waals surface area contributed by atoms with Crippen LogP contribution in [0.5, 0.6) is 5.75 Å². The first-order valence-electron chi connectivity index (χ1n) is 5.23. The maximum atomic E-state index is 13.7. The van der Waals surface area contributed by atoms with Gasteiger partial charge in [-0.1, -0.05) is 0 Å². The molecule has 0 amide bonds. The number of nitrogens with one attached hydrogen (secondary N) is 1. The van der Waals surface area contributed by atoms with Crippen molar-refractivity contribution in [2.24, 2.45) is 0 Å². The molecule has 1 aliphatic rings. The standard InChI is InChI=1S/C12H13F2NO2/c1-12(2)9(16)4-6-8(17-3)5-7(13)10(14)11(6)15-12/h5,15H,4H2,1-3H3. The number of carbonyl (C=O) groups excluding carboxylic acids is 1. The van der Waals surface area contributed by atoms with Crippen LogP contribution in [0.15, 0.2) is 6.07 Å². The van der Waals surface area contributed by atoms with Gasteiger partial charge >= 0.3 is 0 Å². The lowest BCUT2D eigenvalue weighted by atomic mass is 9.87. The van der Waals surface area contributed by atoms with Crippen molar-refractivity contribution in [2.45, 2.75) is 25.8 Å². The SMILES string of the molecule is COc1cc(F)c(F)c2c1CC(=O)C(C)(C)N2. The summed E-state index contributed by atoms with van der Waals surface area (Å²) in [7, 11) is 1.36. The van der Waals surface area contributed by atoms with E-state index in [-0.39, 0.29) is 23.6 Å². The second-order valence-electron chi connectivity index (χ2n) is 4.58. The van der Waals surface area contributed by atoms with Gasteiger partial charge in [-0.25, -0.2) is 8.78 Å². The van der Waals surface area contributed by atoms with E-state index in [1.807, 2.05) is 0 Å². The molecular formula is C12H13F2NO2. The average molecular weight is 241 g/mol. The monoisotopic (exact) mass is 241 g/mol. The molecule has 0 radical (unpaired) electrons. The van der Waals surface area contributed by atoms with Gasteiger partial charge in [-0.15, -0.1) is 0 Å². The first kappa shape index (κ1) is 11.8. The van der Waals surface area contributed by atoms with Gasteiger partial charge in [0.25, 0.3) is 0 Å². The minimum atomic E-state index is -0.988. The number of hydrogen-bond donors (Lipinski definition) is 1. The fourth-order valence-electron chi connectivity index (χ4n) is 1.89. The zero-order valence-corrected chi connectivity index (χ0v) is 9.86. The molecule has 0 atom stereocenters. The number of methoxy groups -OCH3 is 1. The molecular weight excluding hydrogens is 228 g/mol. The van der Waals surface area contributed by atoms with Crippen LogP contribution >= 0.6 is 0 Å². The van der Waals surface area contributed by atoms with Crippen LogP contribution in [0, 0.1) is 11.6 Å². The Morgan fingerprint density at radius 2 is 2.06 bits per heavy atom. The summed E-state index contributed by atoms with van der Waals surface area (Å²) in [5, 5.41) is 2.73. The van der Waals surface area contributed by atoms with Crippen molar-refractivity contribution in [3.05, 3.63) is 23.3 Å². The molecule has 1 heterocycles. The van der Waals surface area contributed by atoms with Gasteiger partial charge in [0, 0.05) is 18.1 Å². The minimum Gasteiger partial charge on any atom is -0.496 e. The smallest absolute Gasteiger partial charge is 0.182 e. The van der Waals surface area contributed by atoms with E-state index in [1.165, 1.54) is 7.11 Å². The number of rotatable bonds is 1. The third-order valence-electron chi connectivity index (χ3n) is 2.98. The number of ketones is 1. The molecule has 0 unspecified atom stereocenters. The molecule has 0 saturated heterocycles. The molecule has 1 N–H and O–H groups in total. The number of fused-ring (bicyclic) bond motifs is 1. The summed E-state index contributed by atoms with van der Waals surface area (Å²) in [6.45, 7) is 3.27. The summed E-state index contributed by atoms with van der Waals surface area (Å²) in [6.07, 6.45) is 0.0374. The number of halogens is 2. The van der Waals surface area contributed by atoms with Crippen LogP contribution in [-0.4, -0.2) is 18.4 Å². The summed E-state index contributed by atoms with van der Waals surface area (Å²) in [4.78, 5) is 11.8. The van der Waals surface area contributed by atoms with Crippen molar-refractivity contribution in [2.75, 3.05) is 12.4 Å². The first-order valence-corrected chi connectivity index (χ1v) is 5.23. The predicted octanol–water partition coefficient (Wildman–Crippen LogP) is 2.29. The molecule has 3 nitrogen and oxygen atoms in total. The normalized spacial score (nSPS) is 17.4. The van der Waals surface area contributed by atoms with Crippen LogP contribution in [-0.2, 0) is 11.2 Å². The molecule has 0 aliphatic carbocycles. The van der Waals surface area contributed by atoms with Gasteiger partial charge in [0.15, 0.2) is 17.4 Å². The lowest BCUT2D eigenvalue weighted by Crippen LogP contribution is -2.45. The molecule has 0 bridgehead atoms. The van der Waals surface area contributed by atoms with Crippen LogP contribution in [0.1, 0.15) is 19.4 Å². The van der Waals surface area contributed by atoms with Gasteiger partial charge in [0.05, 0.1) is 18.3 Å². The van der Waals surface area contributed by atoms with Crippen molar-refractivity contribution >= 4 is 11.5 Å². The van der Waals surface area contributed by atoms with Crippen molar-refractivity contribution in [1.29, 1.82) is 0 Å². The Labute approximate surface area is 97.8 Å². The average Bonchev–Trinajstić information content (AvgIpc) is 2.26. The Bertz CT molecular complexity index is 498. The largest absolute Gasteiger partial charge is 0.496 e. The van der Waals surface area contributed by atoms with E-state index in [4.69, 9.17) is 4.74 Å². The number of benzene rings is 1. The fourth-order valence-corrected chi connectivity index (χ4v) is 1.89. The molecule has 0 aromatic heterocycles. The minimum absolute atomic E-state index is 0.0199. The Morgan fingerprint density at radius 1 is 1.41 bits per heavy atom. The third-order valence-corrected chi connectivity index (χ3v) is 2.98. The highest BCUT2D eigenvalue weighted by Gasteiger charge is 2.36. The van der Waals surface area contributed by atoms with E-state index in [0.29, 0.717) is 5.56 Å². The highest BCUT2D eigenvalue weighted by Crippen LogP contribution is 2.37. The molecule has 1 aliphatic heterocycles. The van der Waals surface area contributed by atoms with E-state index in [1.54, 1.807) is 13.8 Å². The topological polar surface area (TPSA) is 38.3 Å². The van der Waals surface area contributed by atoms with E-state index in [2.05, 4.69) is 5.32 Å². The number of anilines is 1. The molecule has 0 spiro atoms. The van der Waals surface area contributed by atoms with Crippen LogP contribution in [0.4, 0.5) is 14.5 Å². The van der Waals surface area contributed by atoms with Gasteiger partial charge < -0.3 is 10.1 Å². The van der Waals surface area contributed by atoms with E-state index in [9.17, 15) is 13.6 Å². The second kappa shape index (κ2) is 3.68. The fraction of sp³-hybridized carbons (Fsp3) is 0.417. The van der Waals surface area contributed by atoms with Crippen LogP contribution in [0.25, 0.3) is 0 Å². The molecule has 1 aromatic rings. The maximum absolute atomic E-state index is 13.7. The number of carbonyl (C=O) groups is 1. The van der Waals surface area contributed by atoms with E-state index in [0.717, 1.165) is 6.07 Å². The lowest BCUT2D eigenvalue weighted by molar-refractivity contribution is -0.122. The molecule has 1 aromatic carbocycles. The summed E-state index contributed by atoms with van der Waals surface area (Å²) in [5.74, 6) is -1.86. The molecule has 5 heteroatoms. The number of hydrogen-bond acceptors (Lipinski definition) is 3. The second-order valence-corrected chi connectivity index (χ2v) is 4.58. The molecule has 0 saturated carbocycles. The van der Waals surface area contributed by atoms with Crippen molar-refractivity contribution in [3.8, 4) is 5.75 Å². The van der Waals surface area contributed by atoms with Gasteiger partial charge in [-0.3, -0.25) is 4.79 Å². The highest BCUT2D eigenvalue weighted by atomic mass is 19.2. The van der Waals surface area contributed by atoms with Gasteiger partial charge in [0.2, 0.25) is 0 Å². The quantitative estimate of drug-likeness (QED) is 0.819. The number of Topliss-reactive ketones (excluding diaryl/α,β-unsaturated/α-hetero) is 1. The predicted molar refractivity (Wildman–Crippen MR) is 59.3 cm³/mol. The Hall–Kier alpha value is -1.65. The molecule has 17 heavy (non-hydrogen) atoms. The van der Waals surface area contributed by atoms with Gasteiger partial charge in [-0.05, 0) is 13.8 Å². The molecule has 2 rings (SSSR count). The first-order chi connectivity index (χ1) is 7.86. The highest BCUT2D eigenvalue weighted by molar-refractivity contribution is 5.96. The third kappa shape index (κ3) is 1.75. The summed E-state index contributed by atoms with van der Waals surface area (Å²) < 4.78 is 32.0. The van der Waals surface area contributed by atoms with E-state index >= 15 is 0 Å². The Balaban J connectivity index is 2.64. The van der Waals surface area contributed by atoms with Crippen LogP contribution in [0.3, 0.4) is 0 Å². The van der Waals surface area contributed by atoms with E-state index < -0.39 is 17.2 Å². The zero-order chi connectivity index (χ0) is 12.8. The van der Waals surface area contributed by atoms with Gasteiger partial charge in [-0.2, -0.15) is 0 Å². The molecule has 0 fully saturated rings.